The largest absolute Gasteiger partial charge is 0.383 e. The minimum Gasteiger partial charge on any atom is -0.383 e. The Kier molecular flexibility index (Phi) is 7.10. The number of hydrogen-bond acceptors (Lipinski definition) is 5. The number of aromatic nitrogens is 3. The lowest BCUT2D eigenvalue weighted by molar-refractivity contribution is -0.142. The van der Waals surface area contributed by atoms with Crippen LogP contribution in [0.25, 0.3) is 0 Å². The third-order valence-corrected chi connectivity index (χ3v) is 7.00. The van der Waals surface area contributed by atoms with Crippen molar-refractivity contribution in [3.8, 4) is 0 Å². The van der Waals surface area contributed by atoms with E-state index in [1.165, 1.54) is 4.68 Å². The van der Waals surface area contributed by atoms with Crippen molar-refractivity contribution >= 4 is 5.91 Å². The van der Waals surface area contributed by atoms with E-state index in [0.717, 1.165) is 37.1 Å². The zero-order chi connectivity index (χ0) is 22.6. The molecule has 0 radical (unpaired) electrons. The van der Waals surface area contributed by atoms with Crippen LogP contribution in [0, 0.1) is 0 Å². The highest BCUT2D eigenvalue weighted by molar-refractivity contribution is 5.88. The predicted octanol–water partition coefficient (Wildman–Crippen LogP) is 2.17. The van der Waals surface area contributed by atoms with Gasteiger partial charge in [-0.15, -0.1) is 0 Å². The van der Waals surface area contributed by atoms with Gasteiger partial charge in [0.2, 0.25) is 5.91 Å². The van der Waals surface area contributed by atoms with Gasteiger partial charge in [-0.1, -0.05) is 30.3 Å². The van der Waals surface area contributed by atoms with Gasteiger partial charge in [-0.2, -0.15) is 5.10 Å². The van der Waals surface area contributed by atoms with Crippen molar-refractivity contribution in [3.63, 3.8) is 0 Å². The van der Waals surface area contributed by atoms with Crippen molar-refractivity contribution in [3.05, 3.63) is 52.2 Å². The lowest BCUT2D eigenvalue weighted by atomic mass is 9.72. The molecule has 2 aliphatic heterocycles. The monoisotopic (exact) mass is 442 g/mol. The van der Waals surface area contributed by atoms with E-state index in [1.807, 2.05) is 30.0 Å². The van der Waals surface area contributed by atoms with Crippen molar-refractivity contribution in [2.24, 2.45) is 0 Å². The molecular weight excluding hydrogens is 408 g/mol. The molecule has 0 bridgehead atoms. The number of carbonyl (C=O) groups is 1. The van der Waals surface area contributed by atoms with Crippen molar-refractivity contribution < 1.29 is 14.3 Å². The van der Waals surface area contributed by atoms with Gasteiger partial charge in [0.05, 0.1) is 18.6 Å². The standard InChI is InChI=1S/C24H34N4O4/c1-3-27-21(25-28(23(27)30)15-18-31-2)19-9-13-26(14-10-19)22(29)24(11-16-32-17-12-24)20-7-5-4-6-8-20/h4-8,19H,3,9-18H2,1-2H3. The molecule has 8 nitrogen and oxygen atoms in total. The Morgan fingerprint density at radius 1 is 1.19 bits per heavy atom. The van der Waals surface area contributed by atoms with Crippen LogP contribution in [0.4, 0.5) is 0 Å². The first kappa shape index (κ1) is 22.7. The quantitative estimate of drug-likeness (QED) is 0.657. The fraction of sp³-hybridized carbons (Fsp3) is 0.625. The summed E-state index contributed by atoms with van der Waals surface area (Å²) in [6.07, 6.45) is 3.06. The molecule has 2 fully saturated rings. The van der Waals surface area contributed by atoms with E-state index in [4.69, 9.17) is 9.47 Å². The zero-order valence-electron chi connectivity index (χ0n) is 19.2. The Bertz CT molecular complexity index is 954. The Labute approximate surface area is 189 Å². The molecule has 4 rings (SSSR count). The fourth-order valence-corrected chi connectivity index (χ4v) is 5.13. The smallest absolute Gasteiger partial charge is 0.345 e. The number of amides is 1. The lowest BCUT2D eigenvalue weighted by Gasteiger charge is -2.42. The summed E-state index contributed by atoms with van der Waals surface area (Å²) in [5.41, 5.74) is 0.509. The van der Waals surface area contributed by atoms with Crippen LogP contribution in [-0.4, -0.2) is 65.2 Å². The van der Waals surface area contributed by atoms with Crippen molar-refractivity contribution in [1.82, 2.24) is 19.2 Å². The molecule has 1 amide bonds. The molecule has 0 aliphatic carbocycles. The number of piperidine rings is 1. The minimum atomic E-state index is -0.500. The van der Waals surface area contributed by atoms with E-state index in [9.17, 15) is 9.59 Å². The van der Waals surface area contributed by atoms with Gasteiger partial charge < -0.3 is 14.4 Å². The molecule has 8 heteroatoms. The number of ether oxygens (including phenoxy) is 2. The predicted molar refractivity (Wildman–Crippen MR) is 121 cm³/mol. The first-order valence-corrected chi connectivity index (χ1v) is 11.7. The van der Waals surface area contributed by atoms with Crippen molar-refractivity contribution in [1.29, 1.82) is 0 Å². The molecule has 3 heterocycles. The highest BCUT2D eigenvalue weighted by Gasteiger charge is 2.44. The highest BCUT2D eigenvalue weighted by atomic mass is 16.5. The van der Waals surface area contributed by atoms with Gasteiger partial charge in [0, 0.05) is 45.9 Å². The second kappa shape index (κ2) is 10.0. The summed E-state index contributed by atoms with van der Waals surface area (Å²) >= 11 is 0. The van der Waals surface area contributed by atoms with Gasteiger partial charge in [0.25, 0.3) is 0 Å². The molecule has 174 valence electrons. The van der Waals surface area contributed by atoms with E-state index in [2.05, 4.69) is 17.2 Å². The molecule has 0 spiro atoms. The van der Waals surface area contributed by atoms with E-state index in [0.29, 0.717) is 46.0 Å². The second-order valence-corrected chi connectivity index (χ2v) is 8.73. The molecule has 2 aromatic rings. The average Bonchev–Trinajstić information content (AvgIpc) is 3.18. The van der Waals surface area contributed by atoms with Crippen LogP contribution in [0.1, 0.15) is 49.9 Å². The van der Waals surface area contributed by atoms with Gasteiger partial charge in [-0.25, -0.2) is 9.48 Å². The molecule has 2 aliphatic rings. The van der Waals surface area contributed by atoms with Crippen LogP contribution in [0.5, 0.6) is 0 Å². The van der Waals surface area contributed by atoms with Crippen LogP contribution in [0.3, 0.4) is 0 Å². The average molecular weight is 443 g/mol. The summed E-state index contributed by atoms with van der Waals surface area (Å²) < 4.78 is 14.0. The zero-order valence-corrected chi connectivity index (χ0v) is 19.2. The molecule has 0 unspecified atom stereocenters. The maximum absolute atomic E-state index is 13.8. The summed E-state index contributed by atoms with van der Waals surface area (Å²) in [5.74, 6) is 1.23. The molecule has 0 N–H and O–H groups in total. The van der Waals surface area contributed by atoms with Crippen LogP contribution < -0.4 is 5.69 Å². The number of likely N-dealkylation sites (tertiary alicyclic amines) is 1. The number of hydrogen-bond donors (Lipinski definition) is 0. The molecule has 32 heavy (non-hydrogen) atoms. The Morgan fingerprint density at radius 3 is 2.50 bits per heavy atom. The number of rotatable bonds is 7. The summed E-state index contributed by atoms with van der Waals surface area (Å²) in [4.78, 5) is 28.5. The summed E-state index contributed by atoms with van der Waals surface area (Å²) in [5, 5.41) is 4.63. The maximum atomic E-state index is 13.8. The molecule has 0 atom stereocenters. The lowest BCUT2D eigenvalue weighted by Crippen LogP contribution is -2.52. The molecule has 1 aromatic carbocycles. The van der Waals surface area contributed by atoms with Gasteiger partial charge >= 0.3 is 5.69 Å². The van der Waals surface area contributed by atoms with Crippen LogP contribution in [-0.2, 0) is 32.8 Å². The highest BCUT2D eigenvalue weighted by Crippen LogP contribution is 2.38. The molecule has 1 aromatic heterocycles. The Hall–Kier alpha value is -2.45. The normalized spacial score (nSPS) is 19.2. The number of carbonyl (C=O) groups excluding carboxylic acids is 1. The third kappa shape index (κ3) is 4.26. The summed E-state index contributed by atoms with van der Waals surface area (Å²) in [6, 6.07) is 10.2. The Balaban J connectivity index is 1.50. The molecule has 0 saturated carbocycles. The van der Waals surface area contributed by atoms with E-state index in [1.54, 1.807) is 11.7 Å². The number of benzene rings is 1. The van der Waals surface area contributed by atoms with Crippen molar-refractivity contribution in [2.45, 2.75) is 57.0 Å². The first-order valence-electron chi connectivity index (χ1n) is 11.7. The second-order valence-electron chi connectivity index (χ2n) is 8.73. The van der Waals surface area contributed by atoms with Gasteiger partial charge in [0.1, 0.15) is 5.82 Å². The van der Waals surface area contributed by atoms with Crippen LogP contribution >= 0.6 is 0 Å². The maximum Gasteiger partial charge on any atom is 0.345 e. The number of nitrogens with zero attached hydrogens (tertiary/aromatic N) is 4. The topological polar surface area (TPSA) is 78.6 Å². The van der Waals surface area contributed by atoms with E-state index >= 15 is 0 Å². The van der Waals surface area contributed by atoms with Crippen molar-refractivity contribution in [2.75, 3.05) is 40.0 Å². The minimum absolute atomic E-state index is 0.0803. The summed E-state index contributed by atoms with van der Waals surface area (Å²) in [7, 11) is 1.62. The van der Waals surface area contributed by atoms with Crippen LogP contribution in [0.15, 0.2) is 35.1 Å². The Morgan fingerprint density at radius 2 is 1.88 bits per heavy atom. The van der Waals surface area contributed by atoms with Gasteiger partial charge in [-0.05, 0) is 38.2 Å². The first-order chi connectivity index (χ1) is 15.6. The molecular formula is C24H34N4O4. The molecule has 2 saturated heterocycles. The SMILES string of the molecule is CCn1c(C2CCN(C(=O)C3(c4ccccc4)CCOCC3)CC2)nn(CCOC)c1=O. The number of methoxy groups -OCH3 is 1. The third-order valence-electron chi connectivity index (χ3n) is 7.00. The van der Waals surface area contributed by atoms with E-state index < -0.39 is 5.41 Å². The van der Waals surface area contributed by atoms with E-state index in [-0.39, 0.29) is 17.5 Å². The van der Waals surface area contributed by atoms with Gasteiger partial charge in [-0.3, -0.25) is 9.36 Å². The summed E-state index contributed by atoms with van der Waals surface area (Å²) in [6.45, 7) is 6.06. The fourth-order valence-electron chi connectivity index (χ4n) is 5.13. The van der Waals surface area contributed by atoms with Gasteiger partial charge in [0.15, 0.2) is 0 Å². The van der Waals surface area contributed by atoms with Crippen LogP contribution in [0.2, 0.25) is 0 Å².